The first-order chi connectivity index (χ1) is 14.2. The summed E-state index contributed by atoms with van der Waals surface area (Å²) in [5, 5.41) is 12.5. The fourth-order valence-corrected chi connectivity index (χ4v) is 2.88. The highest BCUT2D eigenvalue weighted by Crippen LogP contribution is 2.11. The van der Waals surface area contributed by atoms with Crippen LogP contribution in [0.1, 0.15) is 12.5 Å². The minimum atomic E-state index is -0.209. The molecule has 0 bridgehead atoms. The van der Waals surface area contributed by atoms with E-state index in [1.165, 1.54) is 0 Å². The molecule has 1 heterocycles. The zero-order valence-electron chi connectivity index (χ0n) is 16.6. The minimum Gasteiger partial charge on any atom is -0.382 e. The van der Waals surface area contributed by atoms with Crippen LogP contribution in [0, 0.1) is 0 Å². The fraction of sp³-hybridized carbons (Fsp3) is 0.217. The zero-order chi connectivity index (χ0) is 20.3. The summed E-state index contributed by atoms with van der Waals surface area (Å²) in [7, 11) is 0. The van der Waals surface area contributed by atoms with E-state index < -0.39 is 0 Å². The summed E-state index contributed by atoms with van der Waals surface area (Å²) in [5.74, 6) is 0. The summed E-state index contributed by atoms with van der Waals surface area (Å²) in [6, 6.07) is 21.7. The van der Waals surface area contributed by atoms with Gasteiger partial charge in [0.05, 0.1) is 5.69 Å². The van der Waals surface area contributed by atoms with E-state index in [1.54, 1.807) is 0 Å². The predicted octanol–water partition coefficient (Wildman–Crippen LogP) is 4.36. The smallest absolute Gasteiger partial charge is 0.319 e. The monoisotopic (exact) mass is 389 g/mol. The molecule has 0 saturated carbocycles. The Morgan fingerprint density at radius 3 is 2.34 bits per heavy atom. The molecule has 0 radical (unpaired) electrons. The van der Waals surface area contributed by atoms with Crippen LogP contribution in [0.25, 0.3) is 0 Å². The number of urea groups is 1. The number of para-hydroxylation sites is 2. The van der Waals surface area contributed by atoms with Crippen molar-refractivity contribution < 1.29 is 4.79 Å². The third kappa shape index (κ3) is 7.18. The highest BCUT2D eigenvalue weighted by Gasteiger charge is 2.04. The lowest BCUT2D eigenvalue weighted by Crippen LogP contribution is -2.30. The molecule has 0 saturated heterocycles. The average molecular weight is 390 g/mol. The molecule has 3 aromatic rings. The fourth-order valence-electron chi connectivity index (χ4n) is 2.88. The molecule has 6 heteroatoms. The molecule has 2 aromatic carbocycles. The predicted molar refractivity (Wildman–Crippen MR) is 119 cm³/mol. The van der Waals surface area contributed by atoms with Gasteiger partial charge in [0.2, 0.25) is 0 Å². The molecule has 4 N–H and O–H groups in total. The number of amides is 2. The van der Waals surface area contributed by atoms with Crippen LogP contribution < -0.4 is 21.3 Å². The lowest BCUT2D eigenvalue weighted by Gasteiger charge is -2.17. The molecule has 0 aliphatic rings. The number of aromatic nitrogens is 1. The summed E-state index contributed by atoms with van der Waals surface area (Å²) in [5.41, 5.74) is 3.92. The van der Waals surface area contributed by atoms with Crippen molar-refractivity contribution in [2.75, 3.05) is 29.0 Å². The van der Waals surface area contributed by atoms with Crippen LogP contribution >= 0.6 is 0 Å². The molecule has 150 valence electrons. The molecule has 1 atom stereocenters. The summed E-state index contributed by atoms with van der Waals surface area (Å²) >= 11 is 0. The van der Waals surface area contributed by atoms with Crippen molar-refractivity contribution >= 4 is 23.1 Å². The van der Waals surface area contributed by atoms with E-state index in [4.69, 9.17) is 0 Å². The van der Waals surface area contributed by atoms with E-state index >= 15 is 0 Å². The average Bonchev–Trinajstić information content (AvgIpc) is 2.74. The summed E-state index contributed by atoms with van der Waals surface area (Å²) < 4.78 is 0. The summed E-state index contributed by atoms with van der Waals surface area (Å²) in [6.45, 7) is 3.44. The molecule has 1 aromatic heterocycles. The topological polar surface area (TPSA) is 78.1 Å². The molecule has 2 amide bonds. The van der Waals surface area contributed by atoms with Gasteiger partial charge in [-0.3, -0.25) is 4.98 Å². The lowest BCUT2D eigenvalue weighted by atomic mass is 10.2. The van der Waals surface area contributed by atoms with Gasteiger partial charge in [0.25, 0.3) is 0 Å². The van der Waals surface area contributed by atoms with E-state index in [-0.39, 0.29) is 12.1 Å². The van der Waals surface area contributed by atoms with Gasteiger partial charge in [-0.15, -0.1) is 0 Å². The Morgan fingerprint density at radius 1 is 0.931 bits per heavy atom. The molecule has 1 unspecified atom stereocenters. The Labute approximate surface area is 171 Å². The van der Waals surface area contributed by atoms with E-state index in [1.807, 2.05) is 60.9 Å². The zero-order valence-corrected chi connectivity index (χ0v) is 16.6. The van der Waals surface area contributed by atoms with Crippen LogP contribution in [0.2, 0.25) is 0 Å². The second-order valence-electron chi connectivity index (χ2n) is 6.87. The maximum absolute atomic E-state index is 11.9. The Bertz CT molecular complexity index is 886. The van der Waals surface area contributed by atoms with Gasteiger partial charge in [-0.05, 0) is 49.2 Å². The van der Waals surface area contributed by atoms with Crippen molar-refractivity contribution in [3.05, 3.63) is 84.7 Å². The molecule has 0 spiro atoms. The normalized spacial score (nSPS) is 11.3. The maximum Gasteiger partial charge on any atom is 0.319 e. The van der Waals surface area contributed by atoms with Gasteiger partial charge in [0, 0.05) is 42.9 Å². The molecule has 0 fully saturated rings. The number of nitrogens with zero attached hydrogens (tertiary/aromatic N) is 1. The SMILES string of the molecule is CC(CNc1cncc(CCNC(=O)Nc2ccccc2)c1)Nc1ccccc1. The van der Waals surface area contributed by atoms with Crippen molar-refractivity contribution in [2.24, 2.45) is 0 Å². The largest absolute Gasteiger partial charge is 0.382 e. The number of rotatable bonds is 9. The standard InChI is InChI=1S/C23H27N5O/c1-18(27-20-8-4-2-5-9-20)15-26-22-14-19(16-24-17-22)12-13-25-23(29)28-21-10-6-3-7-11-21/h2-11,14,16-18,26-27H,12-13,15H2,1H3,(H2,25,28,29). The van der Waals surface area contributed by atoms with Crippen molar-refractivity contribution in [3.63, 3.8) is 0 Å². The molecule has 29 heavy (non-hydrogen) atoms. The first kappa shape index (κ1) is 20.2. The summed E-state index contributed by atoms with van der Waals surface area (Å²) in [4.78, 5) is 16.2. The lowest BCUT2D eigenvalue weighted by molar-refractivity contribution is 0.252. The third-order valence-corrected chi connectivity index (χ3v) is 4.32. The van der Waals surface area contributed by atoms with E-state index in [0.717, 1.165) is 29.2 Å². The quantitative estimate of drug-likeness (QED) is 0.439. The van der Waals surface area contributed by atoms with Crippen LogP contribution in [0.15, 0.2) is 79.1 Å². The first-order valence-corrected chi connectivity index (χ1v) is 9.78. The van der Waals surface area contributed by atoms with Gasteiger partial charge >= 0.3 is 6.03 Å². The highest BCUT2D eigenvalue weighted by atomic mass is 16.2. The van der Waals surface area contributed by atoms with Crippen LogP contribution in [-0.4, -0.2) is 30.1 Å². The van der Waals surface area contributed by atoms with Crippen molar-refractivity contribution in [1.82, 2.24) is 10.3 Å². The molecule has 0 aliphatic carbocycles. The van der Waals surface area contributed by atoms with Gasteiger partial charge in [-0.1, -0.05) is 36.4 Å². The first-order valence-electron chi connectivity index (χ1n) is 9.78. The van der Waals surface area contributed by atoms with Crippen LogP contribution in [0.3, 0.4) is 0 Å². The van der Waals surface area contributed by atoms with Crippen LogP contribution in [0.4, 0.5) is 21.9 Å². The van der Waals surface area contributed by atoms with Crippen LogP contribution in [0.5, 0.6) is 0 Å². The Morgan fingerprint density at radius 2 is 1.62 bits per heavy atom. The highest BCUT2D eigenvalue weighted by molar-refractivity contribution is 5.89. The van der Waals surface area contributed by atoms with E-state index in [2.05, 4.69) is 51.4 Å². The van der Waals surface area contributed by atoms with Gasteiger partial charge < -0.3 is 21.3 Å². The van der Waals surface area contributed by atoms with E-state index in [9.17, 15) is 4.79 Å². The number of hydrogen-bond acceptors (Lipinski definition) is 4. The van der Waals surface area contributed by atoms with Crippen LogP contribution in [-0.2, 0) is 6.42 Å². The second-order valence-corrected chi connectivity index (χ2v) is 6.87. The number of benzene rings is 2. The molecule has 6 nitrogen and oxygen atoms in total. The van der Waals surface area contributed by atoms with Gasteiger partial charge in [-0.25, -0.2) is 4.79 Å². The van der Waals surface area contributed by atoms with Gasteiger partial charge in [0.15, 0.2) is 0 Å². The Hall–Kier alpha value is -3.54. The third-order valence-electron chi connectivity index (χ3n) is 4.32. The Kier molecular flexibility index (Phi) is 7.46. The molecule has 3 rings (SSSR count). The number of carbonyl (C=O) groups is 1. The number of anilines is 3. The van der Waals surface area contributed by atoms with Crippen molar-refractivity contribution in [2.45, 2.75) is 19.4 Å². The maximum atomic E-state index is 11.9. The number of pyridine rings is 1. The number of hydrogen-bond donors (Lipinski definition) is 4. The summed E-state index contributed by atoms with van der Waals surface area (Å²) in [6.07, 6.45) is 4.35. The minimum absolute atomic E-state index is 0.209. The second kappa shape index (κ2) is 10.7. The molecular formula is C23H27N5O. The molecule has 0 aliphatic heterocycles. The number of carbonyl (C=O) groups excluding carboxylic acids is 1. The van der Waals surface area contributed by atoms with Gasteiger partial charge in [-0.2, -0.15) is 0 Å². The number of nitrogens with one attached hydrogen (secondary N) is 4. The van der Waals surface area contributed by atoms with Crippen molar-refractivity contribution in [3.8, 4) is 0 Å². The molecular weight excluding hydrogens is 362 g/mol. The Balaban J connectivity index is 1.40. The van der Waals surface area contributed by atoms with E-state index in [0.29, 0.717) is 13.0 Å². The van der Waals surface area contributed by atoms with Gasteiger partial charge in [0.1, 0.15) is 0 Å². The van der Waals surface area contributed by atoms with Crippen molar-refractivity contribution in [1.29, 1.82) is 0 Å².